The highest BCUT2D eigenvalue weighted by atomic mass is 35.5. The zero-order chi connectivity index (χ0) is 17.8. The predicted octanol–water partition coefficient (Wildman–Crippen LogP) is 3.42. The van der Waals surface area contributed by atoms with E-state index in [1.807, 2.05) is 19.1 Å². The van der Waals surface area contributed by atoms with E-state index in [2.05, 4.69) is 20.4 Å². The number of rotatable bonds is 5. The molecular weight excluding hydrogens is 344 g/mol. The predicted molar refractivity (Wildman–Crippen MR) is 92.6 cm³/mol. The molecule has 0 atom stereocenters. The number of ether oxygens (including phenoxy) is 1. The average Bonchev–Trinajstić information content (AvgIpc) is 2.97. The molecule has 1 aromatic carbocycles. The summed E-state index contributed by atoms with van der Waals surface area (Å²) in [6.07, 6.45) is 0. The highest BCUT2D eigenvalue weighted by Gasteiger charge is 2.10. The van der Waals surface area contributed by atoms with E-state index in [0.717, 1.165) is 5.56 Å². The monoisotopic (exact) mass is 358 g/mol. The molecule has 0 aliphatic heterocycles. The van der Waals surface area contributed by atoms with Crippen LogP contribution in [0, 0.1) is 13.8 Å². The average molecular weight is 359 g/mol. The van der Waals surface area contributed by atoms with Crippen LogP contribution in [0.1, 0.15) is 11.5 Å². The Morgan fingerprint density at radius 2 is 2.08 bits per heavy atom. The van der Waals surface area contributed by atoms with Crippen molar-refractivity contribution in [3.05, 3.63) is 52.9 Å². The highest BCUT2D eigenvalue weighted by Crippen LogP contribution is 2.22. The SMILES string of the molecule is Cc1cc(OCC(=O)Nc2cc(C)on2)nc(-c2cccc(Cl)c2)n1. The Kier molecular flexibility index (Phi) is 4.95. The molecule has 3 rings (SSSR count). The quantitative estimate of drug-likeness (QED) is 0.751. The van der Waals surface area contributed by atoms with Gasteiger partial charge in [-0.3, -0.25) is 4.79 Å². The van der Waals surface area contributed by atoms with Crippen LogP contribution < -0.4 is 10.1 Å². The second-order valence-electron chi connectivity index (χ2n) is 5.34. The molecule has 7 nitrogen and oxygen atoms in total. The van der Waals surface area contributed by atoms with Crippen LogP contribution in [0.2, 0.25) is 5.02 Å². The van der Waals surface area contributed by atoms with Crippen molar-refractivity contribution in [2.45, 2.75) is 13.8 Å². The molecule has 2 heterocycles. The lowest BCUT2D eigenvalue weighted by Gasteiger charge is -2.08. The van der Waals surface area contributed by atoms with Gasteiger partial charge < -0.3 is 14.6 Å². The number of benzene rings is 1. The maximum atomic E-state index is 11.9. The smallest absolute Gasteiger partial charge is 0.263 e. The Morgan fingerprint density at radius 3 is 2.80 bits per heavy atom. The van der Waals surface area contributed by atoms with E-state index in [4.69, 9.17) is 20.9 Å². The largest absolute Gasteiger partial charge is 0.467 e. The van der Waals surface area contributed by atoms with Gasteiger partial charge in [-0.1, -0.05) is 28.9 Å². The first-order chi connectivity index (χ1) is 12.0. The second-order valence-corrected chi connectivity index (χ2v) is 5.78. The summed E-state index contributed by atoms with van der Waals surface area (Å²) in [5, 5.41) is 6.85. The molecular formula is C17H15ClN4O3. The van der Waals surface area contributed by atoms with Gasteiger partial charge in [-0.15, -0.1) is 0 Å². The number of halogens is 1. The van der Waals surface area contributed by atoms with Crippen molar-refractivity contribution in [1.82, 2.24) is 15.1 Å². The molecule has 0 spiro atoms. The van der Waals surface area contributed by atoms with Crippen molar-refractivity contribution >= 4 is 23.3 Å². The highest BCUT2D eigenvalue weighted by molar-refractivity contribution is 6.30. The van der Waals surface area contributed by atoms with E-state index in [1.54, 1.807) is 31.2 Å². The number of aryl methyl sites for hydroxylation is 2. The Labute approximate surface area is 149 Å². The lowest BCUT2D eigenvalue weighted by atomic mass is 10.2. The Morgan fingerprint density at radius 1 is 1.24 bits per heavy atom. The maximum Gasteiger partial charge on any atom is 0.263 e. The van der Waals surface area contributed by atoms with Gasteiger partial charge in [0.1, 0.15) is 5.76 Å². The number of aromatic nitrogens is 3. The third-order valence-electron chi connectivity index (χ3n) is 3.16. The van der Waals surface area contributed by atoms with Gasteiger partial charge in [0, 0.05) is 28.4 Å². The van der Waals surface area contributed by atoms with Crippen LogP contribution in [0.3, 0.4) is 0 Å². The molecule has 2 aromatic heterocycles. The van der Waals surface area contributed by atoms with Crippen molar-refractivity contribution in [2.75, 3.05) is 11.9 Å². The van der Waals surface area contributed by atoms with Crippen LogP contribution in [0.4, 0.5) is 5.82 Å². The third-order valence-corrected chi connectivity index (χ3v) is 3.40. The summed E-state index contributed by atoms with van der Waals surface area (Å²) in [5.74, 6) is 1.35. The van der Waals surface area contributed by atoms with Gasteiger partial charge in [0.25, 0.3) is 5.91 Å². The first-order valence-corrected chi connectivity index (χ1v) is 7.85. The summed E-state index contributed by atoms with van der Waals surface area (Å²) in [6.45, 7) is 3.35. The zero-order valence-electron chi connectivity index (χ0n) is 13.6. The van der Waals surface area contributed by atoms with E-state index in [-0.39, 0.29) is 12.5 Å². The maximum absolute atomic E-state index is 11.9. The van der Waals surface area contributed by atoms with Gasteiger partial charge in [0.05, 0.1) is 0 Å². The fourth-order valence-corrected chi connectivity index (χ4v) is 2.30. The summed E-state index contributed by atoms with van der Waals surface area (Å²) in [4.78, 5) is 20.6. The number of carbonyl (C=O) groups is 1. The molecule has 0 aliphatic rings. The van der Waals surface area contributed by atoms with Crippen molar-refractivity contribution in [3.8, 4) is 17.3 Å². The Balaban J connectivity index is 1.69. The van der Waals surface area contributed by atoms with Crippen molar-refractivity contribution in [3.63, 3.8) is 0 Å². The van der Waals surface area contributed by atoms with Crippen LogP contribution in [-0.4, -0.2) is 27.6 Å². The molecule has 3 aromatic rings. The molecule has 0 saturated carbocycles. The topological polar surface area (TPSA) is 90.1 Å². The minimum Gasteiger partial charge on any atom is -0.467 e. The number of nitrogens with one attached hydrogen (secondary N) is 1. The van der Waals surface area contributed by atoms with Gasteiger partial charge in [-0.25, -0.2) is 4.98 Å². The van der Waals surface area contributed by atoms with Crippen LogP contribution in [-0.2, 0) is 4.79 Å². The molecule has 8 heteroatoms. The van der Waals surface area contributed by atoms with E-state index in [0.29, 0.717) is 34.0 Å². The zero-order valence-corrected chi connectivity index (χ0v) is 14.4. The molecule has 0 saturated heterocycles. The fraction of sp³-hybridized carbons (Fsp3) is 0.176. The lowest BCUT2D eigenvalue weighted by Crippen LogP contribution is -2.20. The molecule has 0 bridgehead atoms. The number of carbonyl (C=O) groups excluding carboxylic acids is 1. The van der Waals surface area contributed by atoms with Crippen LogP contribution in [0.15, 0.2) is 40.9 Å². The third kappa shape index (κ3) is 4.54. The van der Waals surface area contributed by atoms with Crippen LogP contribution in [0.5, 0.6) is 5.88 Å². The van der Waals surface area contributed by atoms with Crippen molar-refractivity contribution in [1.29, 1.82) is 0 Å². The van der Waals surface area contributed by atoms with Crippen molar-refractivity contribution < 1.29 is 14.1 Å². The van der Waals surface area contributed by atoms with Gasteiger partial charge in [-0.2, -0.15) is 4.98 Å². The molecule has 1 amide bonds. The first-order valence-electron chi connectivity index (χ1n) is 7.47. The Bertz CT molecular complexity index is 910. The summed E-state index contributed by atoms with van der Waals surface area (Å²) in [7, 11) is 0. The number of hydrogen-bond acceptors (Lipinski definition) is 6. The van der Waals surface area contributed by atoms with Gasteiger partial charge in [0.2, 0.25) is 5.88 Å². The minimum absolute atomic E-state index is 0.211. The molecule has 0 fully saturated rings. The first kappa shape index (κ1) is 16.9. The van der Waals surface area contributed by atoms with E-state index >= 15 is 0 Å². The number of anilines is 1. The molecule has 0 unspecified atom stereocenters. The number of hydrogen-bond donors (Lipinski definition) is 1. The second kappa shape index (κ2) is 7.31. The van der Waals surface area contributed by atoms with Gasteiger partial charge in [0.15, 0.2) is 18.2 Å². The van der Waals surface area contributed by atoms with E-state index in [9.17, 15) is 4.79 Å². The van der Waals surface area contributed by atoms with E-state index in [1.165, 1.54) is 0 Å². The van der Waals surface area contributed by atoms with Crippen LogP contribution >= 0.6 is 11.6 Å². The molecule has 0 aliphatic carbocycles. The summed E-state index contributed by atoms with van der Waals surface area (Å²) >= 11 is 6.00. The molecule has 128 valence electrons. The standard InChI is InChI=1S/C17H15ClN4O3/c1-10-6-16(21-17(19-10)12-4-3-5-13(18)8-12)24-9-15(23)20-14-7-11(2)25-22-14/h3-8H,9H2,1-2H3,(H,20,22,23). The van der Waals surface area contributed by atoms with Gasteiger partial charge in [-0.05, 0) is 26.0 Å². The lowest BCUT2D eigenvalue weighted by molar-refractivity contribution is -0.118. The number of nitrogens with zero attached hydrogens (tertiary/aromatic N) is 3. The minimum atomic E-state index is -0.367. The molecule has 1 N–H and O–H groups in total. The summed E-state index contributed by atoms with van der Waals surface area (Å²) < 4.78 is 10.3. The Hall–Kier alpha value is -2.93. The van der Waals surface area contributed by atoms with Crippen LogP contribution in [0.25, 0.3) is 11.4 Å². The summed E-state index contributed by atoms with van der Waals surface area (Å²) in [5.41, 5.74) is 1.48. The molecule has 25 heavy (non-hydrogen) atoms. The molecule has 0 radical (unpaired) electrons. The van der Waals surface area contributed by atoms with Crippen molar-refractivity contribution in [2.24, 2.45) is 0 Å². The van der Waals surface area contributed by atoms with Gasteiger partial charge >= 0.3 is 0 Å². The fourth-order valence-electron chi connectivity index (χ4n) is 2.11. The normalized spacial score (nSPS) is 10.5. The number of amides is 1. The summed E-state index contributed by atoms with van der Waals surface area (Å²) in [6, 6.07) is 10.5. The van der Waals surface area contributed by atoms with E-state index < -0.39 is 0 Å².